The largest absolute Gasteiger partial charge is 0.310 e. The summed E-state index contributed by atoms with van der Waals surface area (Å²) in [6, 6.07) is 2.19. The van der Waals surface area contributed by atoms with Crippen LogP contribution in [0.3, 0.4) is 0 Å². The SMILES string of the molecule is Cc1sc(CNC(C)C)cc1S(=O)(=O)N(C)CC(C)(C)C. The quantitative estimate of drug-likeness (QED) is 0.870. The number of nitrogens with zero attached hydrogens (tertiary/aromatic N) is 1. The minimum absolute atomic E-state index is 0.0617. The van der Waals surface area contributed by atoms with E-state index >= 15 is 0 Å². The van der Waals surface area contributed by atoms with Gasteiger partial charge in [-0.05, 0) is 18.4 Å². The first-order valence-electron chi connectivity index (χ1n) is 7.22. The molecule has 4 nitrogen and oxygen atoms in total. The van der Waals surface area contributed by atoms with E-state index in [1.54, 1.807) is 18.4 Å². The highest BCUT2D eigenvalue weighted by molar-refractivity contribution is 7.89. The number of nitrogens with one attached hydrogen (secondary N) is 1. The van der Waals surface area contributed by atoms with Crippen LogP contribution in [0.25, 0.3) is 0 Å². The predicted octanol–water partition coefficient (Wildman–Crippen LogP) is 3.22. The minimum atomic E-state index is -3.40. The molecule has 1 aromatic rings. The Kier molecular flexibility index (Phi) is 6.00. The second kappa shape index (κ2) is 6.77. The predicted molar refractivity (Wildman–Crippen MR) is 90.3 cm³/mol. The van der Waals surface area contributed by atoms with Gasteiger partial charge in [-0.3, -0.25) is 0 Å². The van der Waals surface area contributed by atoms with E-state index in [2.05, 4.69) is 19.2 Å². The van der Waals surface area contributed by atoms with Crippen molar-refractivity contribution in [3.63, 3.8) is 0 Å². The van der Waals surface area contributed by atoms with Gasteiger partial charge in [0, 0.05) is 35.9 Å². The first-order valence-corrected chi connectivity index (χ1v) is 9.48. The van der Waals surface area contributed by atoms with Gasteiger partial charge in [0.25, 0.3) is 0 Å². The molecule has 0 aliphatic rings. The van der Waals surface area contributed by atoms with Crippen LogP contribution in [-0.4, -0.2) is 32.4 Å². The molecule has 0 saturated heterocycles. The number of hydrogen-bond acceptors (Lipinski definition) is 4. The van der Waals surface area contributed by atoms with Gasteiger partial charge in [-0.1, -0.05) is 34.6 Å². The fraction of sp³-hybridized carbons (Fsp3) is 0.733. The molecule has 0 fully saturated rings. The Bertz CT molecular complexity index is 569. The molecule has 1 heterocycles. The van der Waals surface area contributed by atoms with Gasteiger partial charge in [0.15, 0.2) is 0 Å². The van der Waals surface area contributed by atoms with Crippen LogP contribution in [0.1, 0.15) is 44.4 Å². The van der Waals surface area contributed by atoms with Crippen LogP contribution in [0, 0.1) is 12.3 Å². The summed E-state index contributed by atoms with van der Waals surface area (Å²) in [5, 5.41) is 3.32. The molecular weight excluding hydrogens is 304 g/mol. The highest BCUT2D eigenvalue weighted by Gasteiger charge is 2.28. The monoisotopic (exact) mass is 332 g/mol. The molecule has 21 heavy (non-hydrogen) atoms. The Labute approximate surface area is 133 Å². The molecule has 6 heteroatoms. The number of thiophene rings is 1. The zero-order chi connectivity index (χ0) is 16.4. The van der Waals surface area contributed by atoms with Crippen molar-refractivity contribution < 1.29 is 8.42 Å². The molecule has 0 aliphatic heterocycles. The second-order valence-corrected chi connectivity index (χ2v) is 10.3. The van der Waals surface area contributed by atoms with Crippen LogP contribution in [0.15, 0.2) is 11.0 Å². The minimum Gasteiger partial charge on any atom is -0.310 e. The van der Waals surface area contributed by atoms with Gasteiger partial charge >= 0.3 is 0 Å². The first kappa shape index (κ1) is 18.6. The molecule has 0 amide bonds. The van der Waals surface area contributed by atoms with E-state index in [-0.39, 0.29) is 5.41 Å². The summed E-state index contributed by atoms with van der Waals surface area (Å²) in [4.78, 5) is 2.36. The van der Waals surface area contributed by atoms with E-state index in [1.807, 2.05) is 33.8 Å². The van der Waals surface area contributed by atoms with Crippen molar-refractivity contribution >= 4 is 21.4 Å². The summed E-state index contributed by atoms with van der Waals surface area (Å²) in [5.74, 6) is 0. The molecule has 0 radical (unpaired) electrons. The Hall–Kier alpha value is -0.430. The lowest BCUT2D eigenvalue weighted by Crippen LogP contribution is -2.34. The molecule has 1 N–H and O–H groups in total. The summed E-state index contributed by atoms with van der Waals surface area (Å²) in [6.45, 7) is 13.4. The Morgan fingerprint density at radius 1 is 1.33 bits per heavy atom. The van der Waals surface area contributed by atoms with Crippen molar-refractivity contribution in [1.82, 2.24) is 9.62 Å². The normalized spacial score (nSPS) is 13.4. The lowest BCUT2D eigenvalue weighted by Gasteiger charge is -2.26. The van der Waals surface area contributed by atoms with Gasteiger partial charge < -0.3 is 5.32 Å². The average molecular weight is 333 g/mol. The molecule has 0 saturated carbocycles. The van der Waals surface area contributed by atoms with E-state index in [0.717, 1.165) is 9.75 Å². The van der Waals surface area contributed by atoms with Crippen molar-refractivity contribution in [2.45, 2.75) is 59.0 Å². The summed E-state index contributed by atoms with van der Waals surface area (Å²) in [7, 11) is -1.75. The molecule has 0 bridgehead atoms. The topological polar surface area (TPSA) is 49.4 Å². The smallest absolute Gasteiger partial charge is 0.243 e. The van der Waals surface area contributed by atoms with Crippen LogP contribution >= 0.6 is 11.3 Å². The van der Waals surface area contributed by atoms with Gasteiger partial charge in [-0.15, -0.1) is 11.3 Å². The lowest BCUT2D eigenvalue weighted by molar-refractivity contribution is 0.311. The Morgan fingerprint density at radius 3 is 2.38 bits per heavy atom. The van der Waals surface area contributed by atoms with Crippen LogP contribution in [0.5, 0.6) is 0 Å². The maximum Gasteiger partial charge on any atom is 0.243 e. The van der Waals surface area contributed by atoms with Crippen LogP contribution < -0.4 is 5.32 Å². The van der Waals surface area contributed by atoms with Crippen molar-refractivity contribution in [3.05, 3.63) is 15.8 Å². The third-order valence-corrected chi connectivity index (χ3v) is 6.10. The van der Waals surface area contributed by atoms with Crippen molar-refractivity contribution in [2.24, 2.45) is 5.41 Å². The highest BCUT2D eigenvalue weighted by Crippen LogP contribution is 2.29. The first-order chi connectivity index (χ1) is 9.43. The molecule has 122 valence electrons. The zero-order valence-corrected chi connectivity index (χ0v) is 15.8. The van der Waals surface area contributed by atoms with Crippen LogP contribution in [0.4, 0.5) is 0 Å². The fourth-order valence-electron chi connectivity index (χ4n) is 2.09. The lowest BCUT2D eigenvalue weighted by atomic mass is 9.97. The summed E-state index contributed by atoms with van der Waals surface area (Å²) < 4.78 is 26.8. The number of rotatable bonds is 6. The van der Waals surface area contributed by atoms with E-state index in [9.17, 15) is 8.42 Å². The summed E-state index contributed by atoms with van der Waals surface area (Å²) in [5.41, 5.74) is -0.0617. The van der Waals surface area contributed by atoms with Crippen LogP contribution in [-0.2, 0) is 16.6 Å². The Balaban J connectivity index is 2.98. The number of hydrogen-bond donors (Lipinski definition) is 1. The van der Waals surface area contributed by atoms with Crippen molar-refractivity contribution in [1.29, 1.82) is 0 Å². The molecule has 0 aliphatic carbocycles. The van der Waals surface area contributed by atoms with E-state index in [1.165, 1.54) is 4.31 Å². The van der Waals surface area contributed by atoms with Gasteiger partial charge in [0.2, 0.25) is 10.0 Å². The van der Waals surface area contributed by atoms with Crippen molar-refractivity contribution in [2.75, 3.05) is 13.6 Å². The van der Waals surface area contributed by atoms with Crippen LogP contribution in [0.2, 0.25) is 0 Å². The van der Waals surface area contributed by atoms with E-state index < -0.39 is 10.0 Å². The fourth-order valence-corrected chi connectivity index (χ4v) is 5.04. The van der Waals surface area contributed by atoms with Gasteiger partial charge in [0.1, 0.15) is 0 Å². The number of aryl methyl sites for hydroxylation is 1. The molecule has 1 aromatic heterocycles. The third kappa shape index (κ3) is 5.36. The summed E-state index contributed by atoms with van der Waals surface area (Å²) >= 11 is 1.55. The molecule has 0 aromatic carbocycles. The van der Waals surface area contributed by atoms with Gasteiger partial charge in [-0.2, -0.15) is 0 Å². The van der Waals surface area contributed by atoms with Crippen molar-refractivity contribution in [3.8, 4) is 0 Å². The van der Waals surface area contributed by atoms with E-state index in [0.29, 0.717) is 24.0 Å². The molecular formula is C15H28N2O2S2. The standard InChI is InChI=1S/C15H28N2O2S2/c1-11(2)16-9-13-8-14(12(3)20-13)21(18,19)17(7)10-15(4,5)6/h8,11,16H,9-10H2,1-7H3. The van der Waals surface area contributed by atoms with Gasteiger partial charge in [0.05, 0.1) is 4.90 Å². The van der Waals surface area contributed by atoms with E-state index in [4.69, 9.17) is 0 Å². The third-order valence-electron chi connectivity index (χ3n) is 2.99. The Morgan fingerprint density at radius 2 is 1.90 bits per heavy atom. The zero-order valence-electron chi connectivity index (χ0n) is 14.1. The maximum absolute atomic E-state index is 12.7. The highest BCUT2D eigenvalue weighted by atomic mass is 32.2. The molecule has 0 unspecified atom stereocenters. The second-order valence-electron chi connectivity index (χ2n) is 6.99. The average Bonchev–Trinajstić information content (AvgIpc) is 2.66. The molecule has 0 atom stereocenters. The maximum atomic E-state index is 12.7. The summed E-state index contributed by atoms with van der Waals surface area (Å²) in [6.07, 6.45) is 0. The molecule has 0 spiro atoms. The van der Waals surface area contributed by atoms with Gasteiger partial charge in [-0.25, -0.2) is 12.7 Å². The molecule has 1 rings (SSSR count). The number of sulfonamides is 1.